The molecule has 21 aliphatic rings. The summed E-state index contributed by atoms with van der Waals surface area (Å²) in [5, 5.41) is 224. The Morgan fingerprint density at radius 3 is 0.659 bits per heavy atom. The maximum absolute atomic E-state index is 11.9. The van der Waals surface area contributed by atoms with E-state index in [0.717, 1.165) is 3.61 Å². The van der Waals surface area contributed by atoms with Gasteiger partial charge in [-0.2, -0.15) is 0 Å². The van der Waals surface area contributed by atoms with E-state index in [1.54, 1.807) is 24.3 Å². The van der Waals surface area contributed by atoms with Crippen LogP contribution in [0, 0.1) is 0 Å². The van der Waals surface area contributed by atoms with Crippen LogP contribution in [0.4, 0.5) is 0 Å². The molecule has 1 aromatic carbocycles. The summed E-state index contributed by atoms with van der Waals surface area (Å²) in [6, 6.07) is 6.89. The average Bonchev–Trinajstić information content (AvgIpc) is 2.71. The van der Waals surface area contributed by atoms with E-state index in [0.29, 0.717) is 5.75 Å². The van der Waals surface area contributed by atoms with E-state index in [9.17, 15) is 102 Å². The summed E-state index contributed by atoms with van der Waals surface area (Å²) in [6.45, 7) is -6.19. The van der Waals surface area contributed by atoms with Gasteiger partial charge in [0.15, 0.2) is 18.9 Å². The van der Waals surface area contributed by atoms with Crippen LogP contribution in [0.5, 0.6) is 5.75 Å². The number of hydrogen-bond donors (Lipinski definition) is 20. The van der Waals surface area contributed by atoms with Crippen LogP contribution in [-0.2, 0) is 66.3 Å². The van der Waals surface area contributed by atoms with Crippen molar-refractivity contribution in [3.05, 3.63) is 24.3 Å². The van der Waals surface area contributed by atoms with Crippen LogP contribution >= 0.6 is 0 Å². The second-order valence-corrected chi connectivity index (χ2v) is 24.6. The zero-order valence-electron chi connectivity index (χ0n) is 44.9. The van der Waals surface area contributed by atoms with Crippen molar-refractivity contribution in [1.82, 2.24) is 0 Å². The summed E-state index contributed by atoms with van der Waals surface area (Å²) in [5.74, 6) is 0.533. The van der Waals surface area contributed by atoms with E-state index in [1.807, 2.05) is 0 Å². The first kappa shape index (κ1) is 67.8. The Kier molecular flexibility index (Phi) is 23.4. The molecule has 1 aromatic rings. The van der Waals surface area contributed by atoms with Crippen molar-refractivity contribution in [1.29, 1.82) is 0 Å². The fraction of sp³-hybridized carbons (Fsp3) is 0.878. The second-order valence-electron chi connectivity index (χ2n) is 21.5. The Morgan fingerprint density at radius 1 is 0.282 bits per heavy atom. The first-order chi connectivity index (χ1) is 40.6. The van der Waals surface area contributed by atoms with Crippen molar-refractivity contribution in [3.8, 4) is 5.75 Å². The molecule has 35 atom stereocenters. The molecule has 14 bridgehead atoms. The normalized spacial score (nSPS) is 51.2. The van der Waals surface area contributed by atoms with E-state index in [4.69, 9.17) is 71.1 Å². The van der Waals surface area contributed by atoms with Gasteiger partial charge in [-0.05, 0) is 0 Å². The molecule has 21 aliphatic heterocycles. The van der Waals surface area contributed by atoms with Crippen LogP contribution < -0.4 is 8.35 Å². The average molecular weight is 1350 g/mol. The van der Waals surface area contributed by atoms with Crippen LogP contribution in [0.3, 0.4) is 0 Å². The van der Waals surface area contributed by atoms with E-state index in [-0.39, 0.29) is 4.47 Å². The third kappa shape index (κ3) is 14.0. The molecule has 0 amide bonds. The van der Waals surface area contributed by atoms with E-state index in [2.05, 4.69) is 0 Å². The zero-order valence-corrected chi connectivity index (χ0v) is 47.3. The summed E-state index contributed by atoms with van der Waals surface area (Å²) in [6.07, 6.45) is -68.9. The molecule has 21 saturated heterocycles. The number of aliphatic hydroxyl groups is 20. The predicted octanol–water partition coefficient (Wildman–Crippen LogP) is -13.8. The molecular formula is C49H76O35Te. The van der Waals surface area contributed by atoms with E-state index >= 15 is 0 Å². The van der Waals surface area contributed by atoms with Gasteiger partial charge in [0.25, 0.3) is 0 Å². The second kappa shape index (κ2) is 29.4. The van der Waals surface area contributed by atoms with Crippen molar-refractivity contribution < 1.29 is 173 Å². The van der Waals surface area contributed by atoms with Crippen molar-refractivity contribution >= 4 is 24.5 Å². The van der Waals surface area contributed by atoms with Gasteiger partial charge in [0.1, 0.15) is 61.0 Å². The first-order valence-corrected chi connectivity index (χ1v) is 30.0. The van der Waals surface area contributed by atoms with E-state index in [1.165, 1.54) is 7.11 Å². The van der Waals surface area contributed by atoms with Crippen LogP contribution in [0.2, 0.25) is 4.47 Å². The van der Waals surface area contributed by atoms with Gasteiger partial charge in [0, 0.05) is 0 Å². The molecule has 0 spiro atoms. The third-order valence-electron chi connectivity index (χ3n) is 16.1. The summed E-state index contributed by atoms with van der Waals surface area (Å²) >= 11 is -1.36. The minimum absolute atomic E-state index is 0.0340. The van der Waals surface area contributed by atoms with Crippen LogP contribution in [-0.4, -0.2) is 385 Å². The summed E-state index contributed by atoms with van der Waals surface area (Å²) in [5.41, 5.74) is 0. The summed E-state index contributed by atoms with van der Waals surface area (Å²) in [7, 11) is 1.47. The van der Waals surface area contributed by atoms with Gasteiger partial charge in [-0.25, -0.2) is 0 Å². The first-order valence-electron chi connectivity index (χ1n) is 27.2. The molecule has 35 nitrogen and oxygen atoms in total. The van der Waals surface area contributed by atoms with Crippen molar-refractivity contribution in [3.63, 3.8) is 0 Å². The molecule has 22 rings (SSSR count). The van der Waals surface area contributed by atoms with Gasteiger partial charge < -0.3 is 84.6 Å². The molecule has 0 aliphatic carbocycles. The van der Waals surface area contributed by atoms with Gasteiger partial charge >= 0.3 is 303 Å². The SMILES string of the molecule is COc1ccc([Te]C[C@H]2O[C@@H]3O[C@H]4[C@H](O)[C@@H](O)[C@@H](O[C@H]5[C@H](O)[C@@H](O)[C@@H](O[C@H]6[C@H](O)[C@@H](O)[C@@H](O[C@H]7[C@@H](O)[C@H](O)[C@@H](O[C@H]8[C@@H](O)[C@H](O)[C@@H](O[C@H]9[C@@H](O)[C@H](O)[C@@H](O[C@H]2[C@H](O)[C@H]3O)O[C@@H]9CO)O[C@@H]8CO)O[C@@H]7CO)O[C@@H]6CO)O[C@@H]5CO)O[C@@H]4CO)cc1. The number of rotatable bonds is 10. The molecule has 0 saturated carbocycles. The minimum atomic E-state index is -2.21. The fourth-order valence-corrected chi connectivity index (χ4v) is 14.0. The Hall–Kier alpha value is -1.55. The summed E-state index contributed by atoms with van der Waals surface area (Å²) in [4.78, 5) is 0. The Balaban J connectivity index is 1.02. The van der Waals surface area contributed by atoms with Gasteiger partial charge in [0.05, 0.1) is 26.4 Å². The Labute approximate surface area is 492 Å². The standard InChI is InChI=1S/C49H76O35Te/c1-70-13-2-4-14(5-3-13)85-12-21-42-28(62)35(69)49(77-21)83-41-20(11-55)75-47(33(67)26(41)60)81-39-18(9-53)73-45(31(65)24(39)58)79-37-16(7-51)71-43(29(63)22(37)56)78-36-15(6-50)72-44(30(64)23(36)57)80-38-17(8-52)74-46(32(66)25(38)59)82-40-19(10-54)76-48(84-42)34(68)27(40)61/h2-5,15-69H,6-12H2,1H3/t15-,16-,17-,18-,19-,20-,21-,22-,23+,24-,25+,26-,27+,28-,29-,30+,31-,32+,33-,34+,35-,36-,37-,38-,39-,40-,41-,42-,43-,44-,45-,46-,47-,48-,49-/m1/s1. The number of hydrogen-bond acceptors (Lipinski definition) is 35. The molecule has 0 radical (unpaired) electrons. The van der Waals surface area contributed by atoms with Crippen molar-refractivity contribution in [2.24, 2.45) is 0 Å². The molecule has 85 heavy (non-hydrogen) atoms. The molecule has 21 heterocycles. The third-order valence-corrected chi connectivity index (χ3v) is 19.2. The topological polar surface area (TPSA) is 543 Å². The molecule has 0 unspecified atom stereocenters. The number of ether oxygens (including phenoxy) is 15. The molecule has 21 fully saturated rings. The number of methoxy groups -OCH3 is 1. The van der Waals surface area contributed by atoms with E-state index < -0.39 is 276 Å². The van der Waals surface area contributed by atoms with Gasteiger partial charge in [-0.3, -0.25) is 0 Å². The van der Waals surface area contributed by atoms with Gasteiger partial charge in [0.2, 0.25) is 0 Å². The molecule has 20 N–H and O–H groups in total. The van der Waals surface area contributed by atoms with Gasteiger partial charge in [-0.15, -0.1) is 0 Å². The summed E-state index contributed by atoms with van der Waals surface area (Å²) < 4.78 is 87.8. The van der Waals surface area contributed by atoms with Gasteiger partial charge in [-0.1, -0.05) is 0 Å². The number of aliphatic hydroxyl groups excluding tert-OH is 20. The molecule has 0 aromatic heterocycles. The molecule has 488 valence electrons. The fourth-order valence-electron chi connectivity index (χ4n) is 11.3. The van der Waals surface area contributed by atoms with Crippen LogP contribution in [0.1, 0.15) is 0 Å². The Bertz CT molecular complexity index is 2200. The van der Waals surface area contributed by atoms with Crippen LogP contribution in [0.25, 0.3) is 0 Å². The monoisotopic (exact) mass is 1350 g/mol. The Morgan fingerprint density at radius 2 is 0.471 bits per heavy atom. The van der Waals surface area contributed by atoms with Crippen molar-refractivity contribution in [2.45, 2.75) is 219 Å². The maximum atomic E-state index is 11.9. The van der Waals surface area contributed by atoms with Crippen molar-refractivity contribution in [2.75, 3.05) is 46.8 Å². The predicted molar refractivity (Wildman–Crippen MR) is 265 cm³/mol. The zero-order chi connectivity index (χ0) is 61.5. The number of benzene rings is 1. The quantitative estimate of drug-likeness (QED) is 0.0967. The molecule has 36 heteroatoms. The molecular weight excluding hydrogens is 1280 g/mol. The van der Waals surface area contributed by atoms with Crippen LogP contribution in [0.15, 0.2) is 24.3 Å².